The lowest BCUT2D eigenvalue weighted by Crippen LogP contribution is -2.30. The van der Waals surface area contributed by atoms with E-state index in [1.807, 2.05) is 32.0 Å². The van der Waals surface area contributed by atoms with Gasteiger partial charge in [-0.2, -0.15) is 0 Å². The van der Waals surface area contributed by atoms with Crippen LogP contribution in [-0.4, -0.2) is 37.5 Å². The van der Waals surface area contributed by atoms with Crippen LogP contribution in [0.4, 0.5) is 10.5 Å². The van der Waals surface area contributed by atoms with Crippen LogP contribution in [0.15, 0.2) is 18.2 Å². The summed E-state index contributed by atoms with van der Waals surface area (Å²) in [5, 5.41) is 14.1. The zero-order valence-electron chi connectivity index (χ0n) is 11.5. The summed E-state index contributed by atoms with van der Waals surface area (Å²) in [5.41, 5.74) is 3.03. The van der Waals surface area contributed by atoms with Gasteiger partial charge in [0.25, 0.3) is 0 Å². The van der Waals surface area contributed by atoms with Crippen molar-refractivity contribution in [3.63, 3.8) is 0 Å². The number of anilines is 1. The second-order valence-corrected chi connectivity index (χ2v) is 4.39. The fourth-order valence-corrected chi connectivity index (χ4v) is 1.66. The van der Waals surface area contributed by atoms with Crippen LogP contribution >= 0.6 is 0 Å². The first-order valence-corrected chi connectivity index (χ1v) is 6.44. The molecule has 3 N–H and O–H groups in total. The maximum Gasteiger partial charge on any atom is 0.319 e. The number of aliphatic hydroxyl groups excluding tert-OH is 1. The molecule has 5 nitrogen and oxygen atoms in total. The molecule has 0 aromatic heterocycles. The lowest BCUT2D eigenvalue weighted by molar-refractivity contribution is 0.0910. The Balaban J connectivity index is 2.23. The maximum absolute atomic E-state index is 11.6. The van der Waals surface area contributed by atoms with E-state index in [9.17, 15) is 4.79 Å². The van der Waals surface area contributed by atoms with Gasteiger partial charge in [0.2, 0.25) is 0 Å². The van der Waals surface area contributed by atoms with E-state index >= 15 is 0 Å². The van der Waals surface area contributed by atoms with Crippen LogP contribution in [0, 0.1) is 13.8 Å². The molecule has 0 fully saturated rings. The van der Waals surface area contributed by atoms with Gasteiger partial charge in [-0.15, -0.1) is 0 Å². The number of nitrogens with one attached hydrogen (secondary N) is 2. The highest BCUT2D eigenvalue weighted by Gasteiger charge is 2.03. The maximum atomic E-state index is 11.6. The van der Waals surface area contributed by atoms with Crippen molar-refractivity contribution in [2.75, 3.05) is 31.7 Å². The van der Waals surface area contributed by atoms with Crippen LogP contribution in [-0.2, 0) is 4.74 Å². The molecule has 0 unspecified atom stereocenters. The largest absolute Gasteiger partial charge is 0.394 e. The average molecular weight is 266 g/mol. The molecule has 5 heteroatoms. The van der Waals surface area contributed by atoms with E-state index < -0.39 is 0 Å². The number of aliphatic hydroxyl groups is 1. The van der Waals surface area contributed by atoms with Gasteiger partial charge in [0.05, 0.1) is 13.2 Å². The van der Waals surface area contributed by atoms with Gasteiger partial charge in [-0.05, 0) is 31.9 Å². The average Bonchev–Trinajstić information content (AvgIpc) is 2.37. The molecule has 1 rings (SSSR count). The van der Waals surface area contributed by atoms with Gasteiger partial charge in [0.15, 0.2) is 0 Å². The van der Waals surface area contributed by atoms with Crippen LogP contribution in [0.3, 0.4) is 0 Å². The molecular weight excluding hydrogens is 244 g/mol. The van der Waals surface area contributed by atoms with E-state index in [0.29, 0.717) is 19.8 Å². The predicted molar refractivity (Wildman–Crippen MR) is 75.5 cm³/mol. The molecule has 0 spiro atoms. The Hall–Kier alpha value is -1.59. The van der Waals surface area contributed by atoms with Crippen molar-refractivity contribution in [1.29, 1.82) is 0 Å². The number of ether oxygens (including phenoxy) is 1. The molecule has 0 aliphatic carbocycles. The summed E-state index contributed by atoms with van der Waals surface area (Å²) in [5.74, 6) is 0. The molecule has 0 bridgehead atoms. The molecule has 106 valence electrons. The van der Waals surface area contributed by atoms with Crippen molar-refractivity contribution in [1.82, 2.24) is 5.32 Å². The van der Waals surface area contributed by atoms with E-state index in [-0.39, 0.29) is 12.6 Å². The molecule has 0 aliphatic rings. The van der Waals surface area contributed by atoms with Crippen molar-refractivity contribution in [2.24, 2.45) is 0 Å². The molecule has 1 aromatic rings. The molecule has 0 radical (unpaired) electrons. The summed E-state index contributed by atoms with van der Waals surface area (Å²) >= 11 is 0. The fourth-order valence-electron chi connectivity index (χ4n) is 1.66. The van der Waals surface area contributed by atoms with Crippen molar-refractivity contribution >= 4 is 11.7 Å². The monoisotopic (exact) mass is 266 g/mol. The van der Waals surface area contributed by atoms with Gasteiger partial charge in [-0.25, -0.2) is 4.79 Å². The molecule has 1 aromatic carbocycles. The number of rotatable bonds is 7. The third kappa shape index (κ3) is 6.22. The van der Waals surface area contributed by atoms with Gasteiger partial charge in [-0.1, -0.05) is 17.7 Å². The zero-order chi connectivity index (χ0) is 14.1. The number of carbonyl (C=O) groups excluding carboxylic acids is 1. The zero-order valence-corrected chi connectivity index (χ0v) is 11.5. The van der Waals surface area contributed by atoms with E-state index in [1.54, 1.807) is 0 Å². The minimum atomic E-state index is -0.214. The number of amides is 2. The normalized spacial score (nSPS) is 10.3. The van der Waals surface area contributed by atoms with Gasteiger partial charge in [0, 0.05) is 18.8 Å². The molecule has 0 atom stereocenters. The summed E-state index contributed by atoms with van der Waals surface area (Å²) in [6.07, 6.45) is 0.723. The Bertz CT molecular complexity index is 408. The lowest BCUT2D eigenvalue weighted by Gasteiger charge is -2.10. The van der Waals surface area contributed by atoms with Gasteiger partial charge < -0.3 is 20.5 Å². The summed E-state index contributed by atoms with van der Waals surface area (Å²) < 4.78 is 5.09. The minimum Gasteiger partial charge on any atom is -0.394 e. The number of hydrogen-bond acceptors (Lipinski definition) is 3. The predicted octanol–water partition coefficient (Wildman–Crippen LogP) is 1.82. The first-order chi connectivity index (χ1) is 9.13. The van der Waals surface area contributed by atoms with E-state index in [2.05, 4.69) is 10.6 Å². The standard InChI is InChI=1S/C14H22N2O3/c1-11-4-5-13(12(2)10-11)16-14(18)15-6-3-8-19-9-7-17/h4-5,10,17H,3,6-9H2,1-2H3,(H2,15,16,18). The molecule has 0 saturated carbocycles. The van der Waals surface area contributed by atoms with Gasteiger partial charge >= 0.3 is 6.03 Å². The lowest BCUT2D eigenvalue weighted by atomic mass is 10.1. The summed E-state index contributed by atoms with van der Waals surface area (Å²) in [6, 6.07) is 5.67. The molecule has 2 amide bonds. The number of aryl methyl sites for hydroxylation is 2. The van der Waals surface area contributed by atoms with Crippen molar-refractivity contribution < 1.29 is 14.6 Å². The summed E-state index contributed by atoms with van der Waals surface area (Å²) in [7, 11) is 0. The van der Waals surface area contributed by atoms with E-state index in [1.165, 1.54) is 5.56 Å². The Kier molecular flexibility index (Phi) is 6.92. The summed E-state index contributed by atoms with van der Waals surface area (Å²) in [4.78, 5) is 11.6. The van der Waals surface area contributed by atoms with Crippen LogP contribution < -0.4 is 10.6 Å². The van der Waals surface area contributed by atoms with E-state index in [4.69, 9.17) is 9.84 Å². The quantitative estimate of drug-likeness (QED) is 0.659. The summed E-state index contributed by atoms with van der Waals surface area (Å²) in [6.45, 7) is 5.43. The van der Waals surface area contributed by atoms with Crippen LogP contribution in [0.2, 0.25) is 0 Å². The topological polar surface area (TPSA) is 70.6 Å². The van der Waals surface area contributed by atoms with Crippen LogP contribution in [0.5, 0.6) is 0 Å². The Morgan fingerprint density at radius 3 is 2.79 bits per heavy atom. The minimum absolute atomic E-state index is 0.0284. The fraction of sp³-hybridized carbons (Fsp3) is 0.500. The molecule has 19 heavy (non-hydrogen) atoms. The Labute approximate surface area is 114 Å². The first-order valence-electron chi connectivity index (χ1n) is 6.44. The molecular formula is C14H22N2O3. The van der Waals surface area contributed by atoms with Crippen molar-refractivity contribution in [3.05, 3.63) is 29.3 Å². The second kappa shape index (κ2) is 8.50. The highest BCUT2D eigenvalue weighted by atomic mass is 16.5. The molecule has 0 heterocycles. The van der Waals surface area contributed by atoms with Crippen LogP contribution in [0.1, 0.15) is 17.5 Å². The van der Waals surface area contributed by atoms with Gasteiger partial charge in [-0.3, -0.25) is 0 Å². The number of benzene rings is 1. The van der Waals surface area contributed by atoms with Crippen molar-refractivity contribution in [3.8, 4) is 0 Å². The Morgan fingerprint density at radius 2 is 2.11 bits per heavy atom. The molecule has 0 saturated heterocycles. The first kappa shape index (κ1) is 15.5. The second-order valence-electron chi connectivity index (χ2n) is 4.39. The molecule has 0 aliphatic heterocycles. The third-order valence-corrected chi connectivity index (χ3v) is 2.62. The number of carbonyl (C=O) groups is 1. The third-order valence-electron chi connectivity index (χ3n) is 2.62. The smallest absolute Gasteiger partial charge is 0.319 e. The number of hydrogen-bond donors (Lipinski definition) is 3. The van der Waals surface area contributed by atoms with Gasteiger partial charge in [0.1, 0.15) is 0 Å². The Morgan fingerprint density at radius 1 is 1.32 bits per heavy atom. The number of urea groups is 1. The van der Waals surface area contributed by atoms with Crippen LogP contribution in [0.25, 0.3) is 0 Å². The van der Waals surface area contributed by atoms with E-state index in [0.717, 1.165) is 17.7 Å². The van der Waals surface area contributed by atoms with Crippen molar-refractivity contribution in [2.45, 2.75) is 20.3 Å². The SMILES string of the molecule is Cc1ccc(NC(=O)NCCCOCCO)c(C)c1. The highest BCUT2D eigenvalue weighted by molar-refractivity contribution is 5.90. The highest BCUT2D eigenvalue weighted by Crippen LogP contribution is 2.15.